The molecule has 0 N–H and O–H groups in total. The number of hydrogen-bond donors (Lipinski definition) is 0. The molecule has 0 radical (unpaired) electrons. The third-order valence-corrected chi connectivity index (χ3v) is 6.24. The summed E-state index contributed by atoms with van der Waals surface area (Å²) in [6, 6.07) is 12.8. The van der Waals surface area contributed by atoms with Crippen molar-refractivity contribution >= 4 is 40.6 Å². The Labute approximate surface area is 199 Å². The molecule has 0 amide bonds. The van der Waals surface area contributed by atoms with Crippen LogP contribution in [0, 0.1) is 14.9 Å². The topological polar surface area (TPSA) is 94.8 Å². The second-order valence-electron chi connectivity index (χ2n) is 7.55. The van der Waals surface area contributed by atoms with Crippen LogP contribution in [0.3, 0.4) is 0 Å². The van der Waals surface area contributed by atoms with Gasteiger partial charge in [-0.25, -0.2) is 9.59 Å². The van der Waals surface area contributed by atoms with Gasteiger partial charge in [0.2, 0.25) is 0 Å². The van der Waals surface area contributed by atoms with Gasteiger partial charge in [-0.05, 0) is 65.3 Å². The van der Waals surface area contributed by atoms with Crippen molar-refractivity contribution in [1.29, 1.82) is 5.26 Å². The van der Waals surface area contributed by atoms with Crippen molar-refractivity contribution in [2.75, 3.05) is 7.11 Å². The first kappa shape index (κ1) is 22.1. The molecule has 4 rings (SSSR count). The number of hydrogen-bond acceptors (Lipinski definition) is 7. The number of nitriles is 1. The second-order valence-corrected chi connectivity index (χ2v) is 8.71. The van der Waals surface area contributed by atoms with Crippen LogP contribution in [0.1, 0.15) is 42.4 Å². The van der Waals surface area contributed by atoms with E-state index < -0.39 is 17.7 Å². The number of carbonyl (C=O) groups excluding carboxylic acids is 2. The first-order valence-corrected chi connectivity index (χ1v) is 11.2. The molecule has 1 aliphatic heterocycles. The van der Waals surface area contributed by atoms with Gasteiger partial charge in [0.05, 0.1) is 22.3 Å². The Hall–Kier alpha value is -3.06. The number of halogens is 1. The fraction of sp³-hybridized carbons (Fsp3) is 0.292. The molecule has 164 valence electrons. The minimum Gasteiger partial charge on any atom is -0.493 e. The van der Waals surface area contributed by atoms with Crippen molar-refractivity contribution in [3.8, 4) is 17.6 Å². The molecule has 2 aromatic carbocycles. The minimum atomic E-state index is -1.10. The average Bonchev–Trinajstić information content (AvgIpc) is 3.22. The molecule has 0 atom stereocenters. The number of benzene rings is 2. The van der Waals surface area contributed by atoms with Gasteiger partial charge in [-0.3, -0.25) is 0 Å². The number of esters is 2. The van der Waals surface area contributed by atoms with Crippen molar-refractivity contribution in [3.05, 3.63) is 62.2 Å². The molecular formula is C24H20INO6. The summed E-state index contributed by atoms with van der Waals surface area (Å²) in [5, 5.41) is 9.26. The summed E-state index contributed by atoms with van der Waals surface area (Å²) in [5.74, 6) is -1.52. The lowest BCUT2D eigenvalue weighted by Gasteiger charge is -2.32. The predicted molar refractivity (Wildman–Crippen MR) is 123 cm³/mol. The maximum Gasteiger partial charge on any atom is 0.348 e. The van der Waals surface area contributed by atoms with Crippen LogP contribution in [-0.2, 0) is 25.7 Å². The summed E-state index contributed by atoms with van der Waals surface area (Å²) in [6.07, 6.45) is 4.21. The fourth-order valence-corrected chi connectivity index (χ4v) is 4.60. The van der Waals surface area contributed by atoms with Gasteiger partial charge in [0, 0.05) is 18.4 Å². The van der Waals surface area contributed by atoms with E-state index in [0.717, 1.165) is 18.4 Å². The molecule has 8 heteroatoms. The summed E-state index contributed by atoms with van der Waals surface area (Å²) in [6.45, 7) is 0.192. The molecule has 1 saturated heterocycles. The van der Waals surface area contributed by atoms with Crippen molar-refractivity contribution in [2.24, 2.45) is 0 Å². The van der Waals surface area contributed by atoms with E-state index in [1.165, 1.54) is 13.2 Å². The Morgan fingerprint density at radius 2 is 1.84 bits per heavy atom. The molecule has 0 aromatic heterocycles. The Bertz CT molecular complexity index is 1120. The zero-order chi connectivity index (χ0) is 22.7. The molecule has 2 fully saturated rings. The fourth-order valence-electron chi connectivity index (χ4n) is 3.82. The first-order chi connectivity index (χ1) is 15.4. The maximum absolute atomic E-state index is 12.5. The quantitative estimate of drug-likeness (QED) is 0.236. The van der Waals surface area contributed by atoms with Gasteiger partial charge in [-0.2, -0.15) is 5.26 Å². The van der Waals surface area contributed by atoms with Crippen LogP contribution in [0.15, 0.2) is 42.0 Å². The largest absolute Gasteiger partial charge is 0.493 e. The van der Waals surface area contributed by atoms with E-state index in [1.807, 2.05) is 12.1 Å². The number of methoxy groups -OCH3 is 1. The summed E-state index contributed by atoms with van der Waals surface area (Å²) in [5.41, 5.74) is 1.71. The van der Waals surface area contributed by atoms with Gasteiger partial charge in [-0.15, -0.1) is 0 Å². The summed E-state index contributed by atoms with van der Waals surface area (Å²) in [7, 11) is 1.51. The highest BCUT2D eigenvalue weighted by Crippen LogP contribution is 2.39. The van der Waals surface area contributed by atoms with Crippen molar-refractivity contribution in [1.82, 2.24) is 0 Å². The van der Waals surface area contributed by atoms with E-state index >= 15 is 0 Å². The SMILES string of the molecule is COc1cc(C=C2C(=O)OC3(CCCC3)OC2=O)cc(I)c1OCc1ccccc1C#N. The van der Waals surface area contributed by atoms with E-state index in [-0.39, 0.29) is 12.2 Å². The van der Waals surface area contributed by atoms with Crippen molar-refractivity contribution in [2.45, 2.75) is 38.1 Å². The second kappa shape index (κ2) is 9.20. The lowest BCUT2D eigenvalue weighted by Crippen LogP contribution is -2.44. The van der Waals surface area contributed by atoms with Crippen molar-refractivity contribution in [3.63, 3.8) is 0 Å². The highest BCUT2D eigenvalue weighted by atomic mass is 127. The van der Waals surface area contributed by atoms with Crippen molar-refractivity contribution < 1.29 is 28.5 Å². The first-order valence-electron chi connectivity index (χ1n) is 10.1. The van der Waals surface area contributed by atoms with Gasteiger partial charge in [0.15, 0.2) is 11.5 Å². The highest BCUT2D eigenvalue weighted by molar-refractivity contribution is 14.1. The lowest BCUT2D eigenvalue weighted by molar-refractivity contribution is -0.232. The monoisotopic (exact) mass is 545 g/mol. The predicted octanol–water partition coefficient (Wildman–Crippen LogP) is 4.50. The van der Waals surface area contributed by atoms with Gasteiger partial charge < -0.3 is 18.9 Å². The molecule has 7 nitrogen and oxygen atoms in total. The lowest BCUT2D eigenvalue weighted by atomic mass is 10.1. The Kier molecular flexibility index (Phi) is 6.37. The Balaban J connectivity index is 1.57. The molecule has 2 aliphatic rings. The standard InChI is InChI=1S/C24H20INO6/c1-29-20-12-15(10-18-22(27)31-24(32-23(18)28)8-4-5-9-24)11-19(25)21(20)30-14-17-7-3-2-6-16(17)13-26/h2-3,6-7,10-12H,4-5,8-9,14H2,1H3. The smallest absolute Gasteiger partial charge is 0.348 e. The van der Waals surface area contributed by atoms with E-state index in [1.54, 1.807) is 24.3 Å². The molecule has 1 spiro atoms. The summed E-state index contributed by atoms with van der Waals surface area (Å²) >= 11 is 2.09. The number of ether oxygens (including phenoxy) is 4. The molecule has 0 bridgehead atoms. The van der Waals surface area contributed by atoms with E-state index in [0.29, 0.717) is 39.0 Å². The zero-order valence-corrected chi connectivity index (χ0v) is 19.5. The number of rotatable bonds is 5. The van der Waals surface area contributed by atoms with Crippen LogP contribution in [-0.4, -0.2) is 24.8 Å². The van der Waals surface area contributed by atoms with Gasteiger partial charge in [0.1, 0.15) is 12.2 Å². The molecule has 1 saturated carbocycles. The molecular weight excluding hydrogens is 525 g/mol. The van der Waals surface area contributed by atoms with Crippen LogP contribution in [0.5, 0.6) is 11.5 Å². The third-order valence-electron chi connectivity index (χ3n) is 5.44. The molecule has 32 heavy (non-hydrogen) atoms. The van der Waals surface area contributed by atoms with E-state index in [2.05, 4.69) is 28.7 Å². The third kappa shape index (κ3) is 4.43. The molecule has 2 aromatic rings. The van der Waals surface area contributed by atoms with Gasteiger partial charge >= 0.3 is 11.9 Å². The average molecular weight is 545 g/mol. The van der Waals surface area contributed by atoms with Crippen LogP contribution in [0.2, 0.25) is 0 Å². The molecule has 1 heterocycles. The van der Waals surface area contributed by atoms with Crippen LogP contribution in [0.4, 0.5) is 0 Å². The van der Waals surface area contributed by atoms with Gasteiger partial charge in [-0.1, -0.05) is 18.2 Å². The van der Waals surface area contributed by atoms with Crippen LogP contribution < -0.4 is 9.47 Å². The van der Waals surface area contributed by atoms with E-state index in [9.17, 15) is 14.9 Å². The maximum atomic E-state index is 12.5. The van der Waals surface area contributed by atoms with E-state index in [4.69, 9.17) is 18.9 Å². The Morgan fingerprint density at radius 3 is 2.50 bits per heavy atom. The Morgan fingerprint density at radius 1 is 1.16 bits per heavy atom. The number of carbonyl (C=O) groups is 2. The van der Waals surface area contributed by atoms with Crippen LogP contribution >= 0.6 is 22.6 Å². The highest BCUT2D eigenvalue weighted by Gasteiger charge is 2.47. The van der Waals surface area contributed by atoms with Gasteiger partial charge in [0.25, 0.3) is 5.79 Å². The zero-order valence-electron chi connectivity index (χ0n) is 17.4. The normalized spacial score (nSPS) is 16.8. The minimum absolute atomic E-state index is 0.156. The summed E-state index contributed by atoms with van der Waals surface area (Å²) in [4.78, 5) is 25.0. The number of nitrogens with zero attached hydrogens (tertiary/aromatic N) is 1. The summed E-state index contributed by atoms with van der Waals surface area (Å²) < 4.78 is 23.1. The van der Waals surface area contributed by atoms with Crippen LogP contribution in [0.25, 0.3) is 6.08 Å². The molecule has 1 aliphatic carbocycles. The molecule has 0 unspecified atom stereocenters.